The summed E-state index contributed by atoms with van der Waals surface area (Å²) >= 11 is 1.14. The molecule has 1 aromatic rings. The van der Waals surface area contributed by atoms with E-state index in [1.165, 1.54) is 0 Å². The van der Waals surface area contributed by atoms with Crippen LogP contribution in [0.25, 0.3) is 0 Å². The van der Waals surface area contributed by atoms with Crippen LogP contribution in [0.4, 0.5) is 10.5 Å². The molecule has 2 aliphatic heterocycles. The first-order chi connectivity index (χ1) is 9.60. The molecule has 7 nitrogen and oxygen atoms in total. The Bertz CT molecular complexity index is 683. The van der Waals surface area contributed by atoms with E-state index in [9.17, 15) is 9.59 Å². The van der Waals surface area contributed by atoms with Crippen molar-refractivity contribution in [3.05, 3.63) is 29.3 Å². The van der Waals surface area contributed by atoms with Gasteiger partial charge in [-0.25, -0.2) is 5.43 Å². The molecule has 0 fully saturated rings. The van der Waals surface area contributed by atoms with Crippen LogP contribution in [-0.2, 0) is 4.79 Å². The summed E-state index contributed by atoms with van der Waals surface area (Å²) in [7, 11) is 0. The predicted octanol–water partition coefficient (Wildman–Crippen LogP) is 1.37. The van der Waals surface area contributed by atoms with Gasteiger partial charge in [-0.05, 0) is 24.6 Å². The molecular weight excluding hydrogens is 280 g/mol. The molecule has 20 heavy (non-hydrogen) atoms. The minimum atomic E-state index is -0.444. The van der Waals surface area contributed by atoms with Gasteiger partial charge in [0.2, 0.25) is 0 Å². The Morgan fingerprint density at radius 1 is 1.40 bits per heavy atom. The van der Waals surface area contributed by atoms with Crippen molar-refractivity contribution in [2.75, 3.05) is 5.32 Å². The topological polar surface area (TPSA) is 103 Å². The average Bonchev–Trinajstić information content (AvgIpc) is 2.73. The van der Waals surface area contributed by atoms with Gasteiger partial charge in [-0.3, -0.25) is 9.59 Å². The maximum Gasteiger partial charge on any atom is 0.299 e. The molecule has 0 radical (unpaired) electrons. The van der Waals surface area contributed by atoms with E-state index in [1.54, 1.807) is 18.2 Å². The summed E-state index contributed by atoms with van der Waals surface area (Å²) in [6.07, 6.45) is 0. The van der Waals surface area contributed by atoms with Gasteiger partial charge in [0, 0.05) is 5.56 Å². The fourth-order valence-electron chi connectivity index (χ4n) is 2.15. The van der Waals surface area contributed by atoms with Crippen LogP contribution < -0.4 is 10.7 Å². The van der Waals surface area contributed by atoms with E-state index in [1.807, 2.05) is 6.92 Å². The lowest BCUT2D eigenvalue weighted by Crippen LogP contribution is -2.29. The Labute approximate surface area is 118 Å². The number of benzene rings is 1. The molecule has 102 valence electrons. The van der Waals surface area contributed by atoms with Gasteiger partial charge in [0.25, 0.3) is 11.1 Å². The molecule has 0 saturated carbocycles. The zero-order valence-corrected chi connectivity index (χ0v) is 11.2. The number of nitrogens with zero attached hydrogens (tertiary/aromatic N) is 2. The van der Waals surface area contributed by atoms with Gasteiger partial charge < -0.3 is 10.5 Å². The third-order valence-corrected chi connectivity index (χ3v) is 3.95. The van der Waals surface area contributed by atoms with Crippen molar-refractivity contribution in [1.29, 1.82) is 0 Å². The number of anilines is 1. The van der Waals surface area contributed by atoms with Gasteiger partial charge in [-0.2, -0.15) is 5.10 Å². The number of oxime groups is 1. The summed E-state index contributed by atoms with van der Waals surface area (Å²) < 4.78 is 0. The maximum atomic E-state index is 11.6. The number of carbonyl (C=O) groups is 2. The number of nitrogens with one attached hydrogen (secondary N) is 2. The van der Waals surface area contributed by atoms with E-state index in [0.29, 0.717) is 17.0 Å². The molecule has 0 bridgehead atoms. The van der Waals surface area contributed by atoms with E-state index in [-0.39, 0.29) is 16.2 Å². The molecule has 0 spiro atoms. The molecule has 0 aromatic heterocycles. The normalized spacial score (nSPS) is 23.1. The fraction of sp³-hybridized carbons (Fsp3) is 0.167. The second-order valence-electron chi connectivity index (χ2n) is 4.32. The molecule has 2 amide bonds. The van der Waals surface area contributed by atoms with E-state index >= 15 is 0 Å². The first-order valence-corrected chi connectivity index (χ1v) is 6.70. The Balaban J connectivity index is 2.04. The number of amides is 2. The van der Waals surface area contributed by atoms with Gasteiger partial charge >= 0.3 is 0 Å². The second kappa shape index (κ2) is 4.64. The molecule has 1 aromatic carbocycles. The van der Waals surface area contributed by atoms with Gasteiger partial charge in [0.15, 0.2) is 5.71 Å². The highest BCUT2D eigenvalue weighted by molar-refractivity contribution is 8.14. The maximum absolute atomic E-state index is 11.6. The van der Waals surface area contributed by atoms with Crippen LogP contribution in [0.2, 0.25) is 0 Å². The van der Waals surface area contributed by atoms with Crippen LogP contribution in [0.3, 0.4) is 0 Å². The van der Waals surface area contributed by atoms with Crippen molar-refractivity contribution < 1.29 is 14.8 Å². The van der Waals surface area contributed by atoms with Gasteiger partial charge in [-0.1, -0.05) is 23.0 Å². The highest BCUT2D eigenvalue weighted by Gasteiger charge is 2.29. The number of thioether (sulfide) groups is 1. The molecule has 1 atom stereocenters. The number of hydrazone groups is 1. The van der Waals surface area contributed by atoms with Crippen LogP contribution in [-0.4, -0.2) is 33.0 Å². The smallest absolute Gasteiger partial charge is 0.299 e. The Morgan fingerprint density at radius 2 is 2.20 bits per heavy atom. The van der Waals surface area contributed by atoms with Gasteiger partial charge in [0.1, 0.15) is 0 Å². The van der Waals surface area contributed by atoms with E-state index in [4.69, 9.17) is 5.21 Å². The van der Waals surface area contributed by atoms with Crippen LogP contribution >= 0.6 is 11.8 Å². The lowest BCUT2D eigenvalue weighted by molar-refractivity contribution is -0.110. The van der Waals surface area contributed by atoms with Gasteiger partial charge in [0.05, 0.1) is 16.6 Å². The van der Waals surface area contributed by atoms with E-state index in [2.05, 4.69) is 21.0 Å². The molecule has 1 unspecified atom stereocenters. The Hall–Kier alpha value is -2.35. The zero-order valence-electron chi connectivity index (χ0n) is 10.4. The molecule has 8 heteroatoms. The Morgan fingerprint density at radius 3 is 2.90 bits per heavy atom. The molecule has 0 aliphatic carbocycles. The summed E-state index contributed by atoms with van der Waals surface area (Å²) in [6.45, 7) is 1.87. The van der Waals surface area contributed by atoms with Crippen LogP contribution in [0, 0.1) is 0 Å². The van der Waals surface area contributed by atoms with Crippen molar-refractivity contribution >= 4 is 40.0 Å². The fourth-order valence-corrected chi connectivity index (χ4v) is 2.87. The molecule has 3 rings (SSSR count). The number of rotatable bonds is 1. The summed E-state index contributed by atoms with van der Waals surface area (Å²) in [5.74, 6) is -0.444. The van der Waals surface area contributed by atoms with Crippen molar-refractivity contribution in [3.63, 3.8) is 0 Å². The minimum absolute atomic E-state index is 0.0254. The third kappa shape index (κ3) is 1.94. The van der Waals surface area contributed by atoms with E-state index in [0.717, 1.165) is 17.3 Å². The Kier molecular flexibility index (Phi) is 2.94. The summed E-state index contributed by atoms with van der Waals surface area (Å²) in [5.41, 5.74) is 4.97. The van der Waals surface area contributed by atoms with Crippen molar-refractivity contribution in [2.24, 2.45) is 10.3 Å². The third-order valence-electron chi connectivity index (χ3n) is 3.07. The summed E-state index contributed by atoms with van der Waals surface area (Å²) in [4.78, 5) is 22.8. The van der Waals surface area contributed by atoms with Crippen LogP contribution in [0.15, 0.2) is 28.5 Å². The van der Waals surface area contributed by atoms with E-state index < -0.39 is 5.91 Å². The van der Waals surface area contributed by atoms with Crippen molar-refractivity contribution in [1.82, 2.24) is 5.43 Å². The van der Waals surface area contributed by atoms with Gasteiger partial charge in [-0.15, -0.1) is 0 Å². The molecule has 3 N–H and O–H groups in total. The predicted molar refractivity (Wildman–Crippen MR) is 75.5 cm³/mol. The summed E-state index contributed by atoms with van der Waals surface area (Å²) in [5, 5.41) is 18.3. The average molecular weight is 290 g/mol. The standard InChI is InChI=1S/C12H10N4O3S/c1-5-9(14-15-12(18)20-5)6-2-3-8-7(4-6)10(16-19)11(17)13-8/h2-5,19H,1H3,(H,15,18)(H,13,16,17). The SMILES string of the molecule is CC1SC(=O)NN=C1c1ccc2c(c1)/C(=N/O)C(=O)N2. The molecular formula is C12H10N4O3S. The van der Waals surface area contributed by atoms with Crippen LogP contribution in [0.5, 0.6) is 0 Å². The number of hydrogen-bond donors (Lipinski definition) is 3. The number of fused-ring (bicyclic) bond motifs is 1. The lowest BCUT2D eigenvalue weighted by Gasteiger charge is -2.18. The van der Waals surface area contributed by atoms with Crippen molar-refractivity contribution in [3.8, 4) is 0 Å². The zero-order chi connectivity index (χ0) is 14.3. The number of hydrogen-bond acceptors (Lipinski definition) is 6. The first kappa shape index (κ1) is 12.7. The lowest BCUT2D eigenvalue weighted by atomic mass is 10.0. The highest BCUT2D eigenvalue weighted by atomic mass is 32.2. The monoisotopic (exact) mass is 290 g/mol. The van der Waals surface area contributed by atoms with Crippen molar-refractivity contribution in [2.45, 2.75) is 12.2 Å². The highest BCUT2D eigenvalue weighted by Crippen LogP contribution is 2.27. The van der Waals surface area contributed by atoms with Crippen LogP contribution in [0.1, 0.15) is 18.1 Å². The number of carbonyl (C=O) groups excluding carboxylic acids is 2. The second-order valence-corrected chi connectivity index (χ2v) is 5.63. The largest absolute Gasteiger partial charge is 0.410 e. The summed E-state index contributed by atoms with van der Waals surface area (Å²) in [6, 6.07) is 5.24. The molecule has 0 saturated heterocycles. The minimum Gasteiger partial charge on any atom is -0.410 e. The molecule has 2 heterocycles. The quantitative estimate of drug-likeness (QED) is 0.536. The first-order valence-electron chi connectivity index (χ1n) is 5.82. The molecule has 2 aliphatic rings.